The zero-order valence-corrected chi connectivity index (χ0v) is 12.9. The number of benzene rings is 2. The van der Waals surface area contributed by atoms with Crippen molar-refractivity contribution in [3.8, 4) is 5.75 Å². The number of amides is 1. The van der Waals surface area contributed by atoms with Gasteiger partial charge in [-0.3, -0.25) is 4.79 Å². The van der Waals surface area contributed by atoms with Crippen LogP contribution in [0.1, 0.15) is 6.42 Å². The summed E-state index contributed by atoms with van der Waals surface area (Å²) in [4.78, 5) is 11.8. The molecule has 0 aliphatic rings. The Morgan fingerprint density at radius 3 is 2.75 bits per heavy atom. The minimum absolute atomic E-state index is 0.131. The Hall–Kier alpha value is -1.52. The van der Waals surface area contributed by atoms with Crippen LogP contribution in [0.2, 0.25) is 5.02 Å². The number of hydrogen-bond donors (Lipinski definition) is 1. The number of hydrogen-bond acceptors (Lipinski definition) is 2. The first-order valence-corrected chi connectivity index (χ1v) is 7.25. The van der Waals surface area contributed by atoms with Crippen LogP contribution in [0.15, 0.2) is 53.0 Å². The van der Waals surface area contributed by atoms with E-state index in [0.29, 0.717) is 17.3 Å². The van der Waals surface area contributed by atoms with Crippen LogP contribution >= 0.6 is 27.5 Å². The highest BCUT2D eigenvalue weighted by Crippen LogP contribution is 2.21. The van der Waals surface area contributed by atoms with Gasteiger partial charge in [-0.05, 0) is 30.3 Å². The molecule has 0 fully saturated rings. The fraction of sp³-hybridized carbons (Fsp3) is 0.133. The summed E-state index contributed by atoms with van der Waals surface area (Å²) in [6, 6.07) is 14.6. The van der Waals surface area contributed by atoms with Crippen LogP contribution in [0, 0.1) is 0 Å². The Morgan fingerprint density at radius 1 is 1.20 bits per heavy atom. The first-order valence-electron chi connectivity index (χ1n) is 6.08. The molecule has 2 rings (SSSR count). The third kappa shape index (κ3) is 4.54. The van der Waals surface area contributed by atoms with Gasteiger partial charge in [-0.25, -0.2) is 0 Å². The lowest BCUT2D eigenvalue weighted by molar-refractivity contribution is -0.116. The largest absolute Gasteiger partial charge is 0.493 e. The summed E-state index contributed by atoms with van der Waals surface area (Å²) in [5.41, 5.74) is 0.613. The molecule has 0 radical (unpaired) electrons. The van der Waals surface area contributed by atoms with Crippen LogP contribution in [0.3, 0.4) is 0 Å². The molecule has 1 amide bonds. The van der Waals surface area contributed by atoms with Gasteiger partial charge in [-0.15, -0.1) is 0 Å². The number of carbonyl (C=O) groups is 1. The molecule has 0 aromatic heterocycles. The minimum atomic E-state index is -0.131. The highest BCUT2D eigenvalue weighted by Gasteiger charge is 2.05. The van der Waals surface area contributed by atoms with E-state index in [4.69, 9.17) is 16.3 Å². The Morgan fingerprint density at radius 2 is 2.00 bits per heavy atom. The number of halogens is 2. The van der Waals surface area contributed by atoms with Crippen molar-refractivity contribution in [3.05, 3.63) is 58.0 Å². The summed E-state index contributed by atoms with van der Waals surface area (Å²) < 4.78 is 6.44. The van der Waals surface area contributed by atoms with Crippen molar-refractivity contribution in [2.24, 2.45) is 0 Å². The number of carbonyl (C=O) groups excluding carboxylic acids is 1. The molecule has 2 aromatic rings. The van der Waals surface area contributed by atoms with Crippen molar-refractivity contribution in [3.63, 3.8) is 0 Å². The fourth-order valence-corrected chi connectivity index (χ4v) is 2.15. The topological polar surface area (TPSA) is 38.3 Å². The summed E-state index contributed by atoms with van der Waals surface area (Å²) in [7, 11) is 0. The third-order valence-electron chi connectivity index (χ3n) is 2.54. The molecule has 20 heavy (non-hydrogen) atoms. The molecule has 0 spiro atoms. The first-order chi connectivity index (χ1) is 9.65. The van der Waals surface area contributed by atoms with Crippen LogP contribution in [0.5, 0.6) is 5.75 Å². The van der Waals surface area contributed by atoms with E-state index < -0.39 is 0 Å². The molecule has 0 unspecified atom stereocenters. The predicted octanol–water partition coefficient (Wildman–Crippen LogP) is 4.51. The standard InChI is InChI=1S/C15H13BrClNO2/c16-11-4-3-5-12(10-11)20-9-8-15(19)18-14-7-2-1-6-13(14)17/h1-7,10H,8-9H2,(H,18,19). The number of nitrogens with one attached hydrogen (secondary N) is 1. The quantitative estimate of drug-likeness (QED) is 0.858. The molecule has 1 N–H and O–H groups in total. The lowest BCUT2D eigenvalue weighted by atomic mass is 10.3. The zero-order valence-electron chi connectivity index (χ0n) is 10.6. The van der Waals surface area contributed by atoms with Gasteiger partial charge in [-0.1, -0.05) is 45.7 Å². The normalized spacial score (nSPS) is 10.1. The minimum Gasteiger partial charge on any atom is -0.493 e. The van der Waals surface area contributed by atoms with Crippen molar-refractivity contribution in [1.29, 1.82) is 0 Å². The van der Waals surface area contributed by atoms with Crippen molar-refractivity contribution < 1.29 is 9.53 Å². The number of anilines is 1. The van der Waals surface area contributed by atoms with Gasteiger partial charge in [0.15, 0.2) is 0 Å². The van der Waals surface area contributed by atoms with Gasteiger partial charge < -0.3 is 10.1 Å². The number of ether oxygens (including phenoxy) is 1. The Balaban J connectivity index is 1.80. The van der Waals surface area contributed by atoms with Gasteiger partial charge in [0.1, 0.15) is 5.75 Å². The molecule has 0 saturated carbocycles. The molecule has 0 heterocycles. The first kappa shape index (κ1) is 14.9. The highest BCUT2D eigenvalue weighted by molar-refractivity contribution is 9.10. The average Bonchev–Trinajstić information content (AvgIpc) is 2.41. The Kier molecular flexibility index (Phi) is 5.44. The van der Waals surface area contributed by atoms with Crippen LogP contribution in [0.25, 0.3) is 0 Å². The molecule has 2 aromatic carbocycles. The van der Waals surface area contributed by atoms with Crippen LogP contribution < -0.4 is 10.1 Å². The second-order valence-corrected chi connectivity index (χ2v) is 5.41. The lowest BCUT2D eigenvalue weighted by Gasteiger charge is -2.08. The van der Waals surface area contributed by atoms with E-state index in [1.165, 1.54) is 0 Å². The number of rotatable bonds is 5. The van der Waals surface area contributed by atoms with E-state index in [9.17, 15) is 4.79 Å². The molecule has 0 atom stereocenters. The summed E-state index contributed by atoms with van der Waals surface area (Å²) in [6.45, 7) is 0.312. The summed E-state index contributed by atoms with van der Waals surface area (Å²) in [5, 5.41) is 3.27. The molecule has 0 aliphatic carbocycles. The van der Waals surface area contributed by atoms with E-state index in [1.807, 2.05) is 36.4 Å². The van der Waals surface area contributed by atoms with Gasteiger partial charge in [0.2, 0.25) is 5.91 Å². The molecule has 0 bridgehead atoms. The Labute approximate surface area is 131 Å². The van der Waals surface area contributed by atoms with Crippen LogP contribution in [-0.4, -0.2) is 12.5 Å². The second-order valence-electron chi connectivity index (χ2n) is 4.08. The summed E-state index contributed by atoms with van der Waals surface area (Å²) in [5.74, 6) is 0.595. The monoisotopic (exact) mass is 353 g/mol. The van der Waals surface area contributed by atoms with Gasteiger partial charge in [-0.2, -0.15) is 0 Å². The SMILES string of the molecule is O=C(CCOc1cccc(Br)c1)Nc1ccccc1Cl. The lowest BCUT2D eigenvalue weighted by Crippen LogP contribution is -2.15. The van der Waals surface area contributed by atoms with Crippen LogP contribution in [-0.2, 0) is 4.79 Å². The molecule has 104 valence electrons. The summed E-state index contributed by atoms with van der Waals surface area (Å²) in [6.07, 6.45) is 0.262. The zero-order chi connectivity index (χ0) is 14.4. The molecular weight excluding hydrogens is 342 g/mol. The van der Waals surface area contributed by atoms with Crippen LogP contribution in [0.4, 0.5) is 5.69 Å². The van der Waals surface area contributed by atoms with E-state index in [2.05, 4.69) is 21.2 Å². The second kappa shape index (κ2) is 7.31. The summed E-state index contributed by atoms with van der Waals surface area (Å²) >= 11 is 9.33. The van der Waals surface area contributed by atoms with Gasteiger partial charge in [0.05, 0.1) is 23.7 Å². The van der Waals surface area contributed by atoms with E-state index >= 15 is 0 Å². The fourth-order valence-electron chi connectivity index (χ4n) is 1.59. The van der Waals surface area contributed by atoms with E-state index in [-0.39, 0.29) is 12.3 Å². The molecule has 3 nitrogen and oxygen atoms in total. The van der Waals surface area contributed by atoms with Crippen molar-refractivity contribution in [2.75, 3.05) is 11.9 Å². The maximum absolute atomic E-state index is 11.8. The number of para-hydroxylation sites is 1. The molecule has 0 aliphatic heterocycles. The van der Waals surface area contributed by atoms with E-state index in [1.54, 1.807) is 12.1 Å². The molecular formula is C15H13BrClNO2. The third-order valence-corrected chi connectivity index (χ3v) is 3.36. The van der Waals surface area contributed by atoms with Gasteiger partial charge >= 0.3 is 0 Å². The predicted molar refractivity (Wildman–Crippen MR) is 84.3 cm³/mol. The molecule has 0 saturated heterocycles. The van der Waals surface area contributed by atoms with Crippen molar-refractivity contribution >= 4 is 39.1 Å². The Bertz CT molecular complexity index is 604. The van der Waals surface area contributed by atoms with E-state index in [0.717, 1.165) is 10.2 Å². The maximum Gasteiger partial charge on any atom is 0.227 e. The molecule has 5 heteroatoms. The average molecular weight is 355 g/mol. The van der Waals surface area contributed by atoms with Gasteiger partial charge in [0, 0.05) is 4.47 Å². The van der Waals surface area contributed by atoms with Gasteiger partial charge in [0.25, 0.3) is 0 Å². The van der Waals surface area contributed by atoms with Crippen molar-refractivity contribution in [2.45, 2.75) is 6.42 Å². The smallest absolute Gasteiger partial charge is 0.227 e. The van der Waals surface area contributed by atoms with Crippen molar-refractivity contribution in [1.82, 2.24) is 0 Å². The highest BCUT2D eigenvalue weighted by atomic mass is 79.9. The maximum atomic E-state index is 11.8.